The predicted octanol–water partition coefficient (Wildman–Crippen LogP) is 2.26. The molecule has 0 fully saturated rings. The fraction of sp³-hybridized carbons (Fsp3) is 0.562. The fourth-order valence-electron chi connectivity index (χ4n) is 2.00. The first-order valence-electron chi connectivity index (χ1n) is 7.22. The van der Waals surface area contributed by atoms with Gasteiger partial charge in [0.15, 0.2) is 17.5 Å². The standard InChI is InChI=1S/C16H26FN3O2/c1-16(2,3)14(22-5)10-20-15(18-4)19-9-11-6-7-13(21)12(17)8-11/h6-8,14,21H,9-10H2,1-5H3,(H2,18,19,20). The molecule has 0 aromatic heterocycles. The number of benzene rings is 1. The average Bonchev–Trinajstić information content (AvgIpc) is 2.45. The molecule has 1 unspecified atom stereocenters. The molecule has 5 nitrogen and oxygen atoms in total. The molecule has 0 aliphatic heterocycles. The lowest BCUT2D eigenvalue weighted by atomic mass is 9.89. The van der Waals surface area contributed by atoms with E-state index in [1.807, 2.05) is 0 Å². The summed E-state index contributed by atoms with van der Waals surface area (Å²) in [6.07, 6.45) is 0.0390. The van der Waals surface area contributed by atoms with Crippen LogP contribution in [0.5, 0.6) is 5.75 Å². The highest BCUT2D eigenvalue weighted by Crippen LogP contribution is 2.21. The Morgan fingerprint density at radius 1 is 1.36 bits per heavy atom. The second-order valence-corrected chi connectivity index (χ2v) is 6.18. The Labute approximate surface area is 131 Å². The van der Waals surface area contributed by atoms with Gasteiger partial charge in [-0.15, -0.1) is 0 Å². The first kappa shape index (κ1) is 18.2. The SMILES string of the molecule is CN=C(NCc1ccc(O)c(F)c1)NCC(OC)C(C)(C)C. The van der Waals surface area contributed by atoms with Gasteiger partial charge in [0.1, 0.15) is 0 Å². The Balaban J connectivity index is 2.54. The Morgan fingerprint density at radius 3 is 2.55 bits per heavy atom. The monoisotopic (exact) mass is 311 g/mol. The van der Waals surface area contributed by atoms with Crippen LogP contribution in [0.3, 0.4) is 0 Å². The summed E-state index contributed by atoms with van der Waals surface area (Å²) in [5.41, 5.74) is 0.734. The lowest BCUT2D eigenvalue weighted by Gasteiger charge is -2.30. The number of hydrogen-bond donors (Lipinski definition) is 3. The topological polar surface area (TPSA) is 65.9 Å². The number of ether oxygens (including phenoxy) is 1. The van der Waals surface area contributed by atoms with Crippen LogP contribution >= 0.6 is 0 Å². The highest BCUT2D eigenvalue weighted by Gasteiger charge is 2.24. The van der Waals surface area contributed by atoms with E-state index in [0.29, 0.717) is 19.0 Å². The number of phenolic OH excluding ortho intramolecular Hbond substituents is 1. The van der Waals surface area contributed by atoms with Gasteiger partial charge in [-0.3, -0.25) is 4.99 Å². The number of guanidine groups is 1. The summed E-state index contributed by atoms with van der Waals surface area (Å²) in [6, 6.07) is 4.29. The minimum atomic E-state index is -0.630. The largest absolute Gasteiger partial charge is 0.505 e. The molecular formula is C16H26FN3O2. The van der Waals surface area contributed by atoms with Crippen LogP contribution in [0, 0.1) is 11.2 Å². The highest BCUT2D eigenvalue weighted by molar-refractivity contribution is 5.79. The molecule has 0 saturated carbocycles. The second kappa shape index (κ2) is 7.98. The molecular weight excluding hydrogens is 285 g/mol. The van der Waals surface area contributed by atoms with E-state index in [1.54, 1.807) is 20.2 Å². The number of hydrogen-bond acceptors (Lipinski definition) is 3. The number of rotatable bonds is 5. The quantitative estimate of drug-likeness (QED) is 0.576. The van der Waals surface area contributed by atoms with E-state index in [0.717, 1.165) is 5.56 Å². The van der Waals surface area contributed by atoms with Crippen molar-refractivity contribution in [3.05, 3.63) is 29.6 Å². The zero-order chi connectivity index (χ0) is 16.8. The molecule has 1 aromatic rings. The molecule has 1 atom stereocenters. The van der Waals surface area contributed by atoms with Crippen molar-refractivity contribution in [1.82, 2.24) is 10.6 Å². The van der Waals surface area contributed by atoms with Crippen LogP contribution in [0.2, 0.25) is 0 Å². The first-order valence-corrected chi connectivity index (χ1v) is 7.22. The Bertz CT molecular complexity index is 513. The van der Waals surface area contributed by atoms with Crippen LogP contribution in [-0.2, 0) is 11.3 Å². The van der Waals surface area contributed by atoms with E-state index in [-0.39, 0.29) is 17.3 Å². The third-order valence-corrected chi connectivity index (χ3v) is 3.40. The van der Waals surface area contributed by atoms with E-state index in [4.69, 9.17) is 4.74 Å². The van der Waals surface area contributed by atoms with E-state index in [1.165, 1.54) is 12.1 Å². The lowest BCUT2D eigenvalue weighted by molar-refractivity contribution is 0.0205. The van der Waals surface area contributed by atoms with E-state index in [2.05, 4.69) is 36.4 Å². The van der Waals surface area contributed by atoms with Crippen molar-refractivity contribution in [2.75, 3.05) is 20.7 Å². The highest BCUT2D eigenvalue weighted by atomic mass is 19.1. The molecule has 22 heavy (non-hydrogen) atoms. The van der Waals surface area contributed by atoms with Gasteiger partial charge in [-0.1, -0.05) is 26.8 Å². The van der Waals surface area contributed by atoms with Gasteiger partial charge in [0.2, 0.25) is 0 Å². The van der Waals surface area contributed by atoms with Crippen molar-refractivity contribution in [2.45, 2.75) is 33.4 Å². The smallest absolute Gasteiger partial charge is 0.191 e. The molecule has 1 rings (SSSR count). The molecule has 0 saturated heterocycles. The second-order valence-electron chi connectivity index (χ2n) is 6.18. The molecule has 124 valence electrons. The summed E-state index contributed by atoms with van der Waals surface area (Å²) < 4.78 is 18.8. The van der Waals surface area contributed by atoms with Crippen LogP contribution in [0.25, 0.3) is 0 Å². The normalized spacial score (nSPS) is 13.8. The predicted molar refractivity (Wildman–Crippen MR) is 86.5 cm³/mol. The molecule has 0 bridgehead atoms. The van der Waals surface area contributed by atoms with Crippen molar-refractivity contribution < 1.29 is 14.2 Å². The van der Waals surface area contributed by atoms with Gasteiger partial charge in [0.05, 0.1) is 6.10 Å². The van der Waals surface area contributed by atoms with Crippen molar-refractivity contribution in [1.29, 1.82) is 0 Å². The Kier molecular flexibility index (Phi) is 6.61. The van der Waals surface area contributed by atoms with E-state index < -0.39 is 5.82 Å². The molecule has 1 aromatic carbocycles. The van der Waals surface area contributed by atoms with Gasteiger partial charge in [-0.25, -0.2) is 4.39 Å². The molecule has 0 radical (unpaired) electrons. The lowest BCUT2D eigenvalue weighted by Crippen LogP contribution is -2.45. The number of nitrogens with zero attached hydrogens (tertiary/aromatic N) is 1. The summed E-state index contributed by atoms with van der Waals surface area (Å²) in [6.45, 7) is 7.35. The van der Waals surface area contributed by atoms with Gasteiger partial charge in [0, 0.05) is 27.2 Å². The fourth-order valence-corrected chi connectivity index (χ4v) is 2.00. The third-order valence-electron chi connectivity index (χ3n) is 3.40. The minimum absolute atomic E-state index is 0.0146. The Hall–Kier alpha value is -1.82. The number of nitrogens with one attached hydrogen (secondary N) is 2. The number of aromatic hydroxyl groups is 1. The first-order chi connectivity index (χ1) is 10.3. The number of phenols is 1. The zero-order valence-corrected chi connectivity index (χ0v) is 13.9. The molecule has 0 heterocycles. The Morgan fingerprint density at radius 2 is 2.05 bits per heavy atom. The van der Waals surface area contributed by atoms with Gasteiger partial charge < -0.3 is 20.5 Å². The summed E-state index contributed by atoms with van der Waals surface area (Å²) in [5, 5.41) is 15.5. The molecule has 0 aliphatic carbocycles. The summed E-state index contributed by atoms with van der Waals surface area (Å²) in [4.78, 5) is 4.13. The van der Waals surface area contributed by atoms with Gasteiger partial charge in [0.25, 0.3) is 0 Å². The number of aliphatic imine (C=N–C) groups is 1. The average molecular weight is 311 g/mol. The molecule has 0 amide bonds. The molecule has 6 heteroatoms. The van der Waals surface area contributed by atoms with Crippen molar-refractivity contribution in [2.24, 2.45) is 10.4 Å². The number of halogens is 1. The summed E-state index contributed by atoms with van der Waals surface area (Å²) in [7, 11) is 3.36. The van der Waals surface area contributed by atoms with Crippen LogP contribution in [-0.4, -0.2) is 37.9 Å². The van der Waals surface area contributed by atoms with E-state index >= 15 is 0 Å². The molecule has 3 N–H and O–H groups in total. The summed E-state index contributed by atoms with van der Waals surface area (Å²) in [5.74, 6) is -0.367. The van der Waals surface area contributed by atoms with Crippen LogP contribution in [0.15, 0.2) is 23.2 Å². The zero-order valence-electron chi connectivity index (χ0n) is 13.9. The maximum Gasteiger partial charge on any atom is 0.191 e. The number of methoxy groups -OCH3 is 1. The van der Waals surface area contributed by atoms with Crippen molar-refractivity contribution in [3.63, 3.8) is 0 Å². The van der Waals surface area contributed by atoms with Crippen molar-refractivity contribution >= 4 is 5.96 Å². The van der Waals surface area contributed by atoms with Crippen LogP contribution < -0.4 is 10.6 Å². The maximum atomic E-state index is 13.3. The molecule has 0 spiro atoms. The van der Waals surface area contributed by atoms with Gasteiger partial charge in [-0.05, 0) is 23.1 Å². The summed E-state index contributed by atoms with van der Waals surface area (Å²) >= 11 is 0. The molecule has 0 aliphatic rings. The van der Waals surface area contributed by atoms with Gasteiger partial charge in [-0.2, -0.15) is 0 Å². The van der Waals surface area contributed by atoms with Crippen LogP contribution in [0.1, 0.15) is 26.3 Å². The van der Waals surface area contributed by atoms with Crippen molar-refractivity contribution in [3.8, 4) is 5.75 Å². The van der Waals surface area contributed by atoms with E-state index in [9.17, 15) is 9.50 Å². The third kappa shape index (κ3) is 5.52. The van der Waals surface area contributed by atoms with Gasteiger partial charge >= 0.3 is 0 Å². The maximum absolute atomic E-state index is 13.3. The minimum Gasteiger partial charge on any atom is -0.505 e. The van der Waals surface area contributed by atoms with Crippen LogP contribution in [0.4, 0.5) is 4.39 Å².